The zero-order valence-electron chi connectivity index (χ0n) is 19.8. The van der Waals surface area contributed by atoms with Crippen LogP contribution in [0.1, 0.15) is 69.9 Å². The first kappa shape index (κ1) is 25.4. The van der Waals surface area contributed by atoms with Crippen LogP contribution in [0, 0.1) is 5.82 Å². The van der Waals surface area contributed by atoms with Gasteiger partial charge < -0.3 is 10.1 Å². The highest BCUT2D eigenvalue weighted by Gasteiger charge is 2.29. The predicted molar refractivity (Wildman–Crippen MR) is 131 cm³/mol. The standard InChI is InChI=1S/C24H31FN4O5S/c1-34-21(31)4-2-3-20(30)27-16-5-7-17(8-6-16)29-23(32)19-13-15(25)14-26-22(19)28(24(29)33)18-9-11-35-12-10-18/h13-14,16-18H,2-12H2,1H3,(H,27,30)/t16-,17+. The first-order chi connectivity index (χ1) is 16.9. The number of amides is 1. The van der Waals surface area contributed by atoms with Crippen molar-refractivity contribution in [2.75, 3.05) is 18.6 Å². The SMILES string of the molecule is COC(=O)CCCC(=O)N[C@H]1CC[C@@H](n2c(=O)c3cc(F)cnc3n(C3CCSCC3)c2=O)CC1. The molecule has 3 heterocycles. The van der Waals surface area contributed by atoms with Gasteiger partial charge in [0.2, 0.25) is 5.91 Å². The molecule has 0 unspecified atom stereocenters. The summed E-state index contributed by atoms with van der Waals surface area (Å²) in [5.41, 5.74) is -0.634. The molecule has 4 rings (SSSR count). The fraction of sp³-hybridized carbons (Fsp3) is 0.625. The van der Waals surface area contributed by atoms with Gasteiger partial charge in [-0.2, -0.15) is 11.8 Å². The van der Waals surface area contributed by atoms with Gasteiger partial charge in [0.25, 0.3) is 5.56 Å². The molecule has 2 aromatic rings. The van der Waals surface area contributed by atoms with E-state index in [9.17, 15) is 23.6 Å². The Labute approximate surface area is 206 Å². The van der Waals surface area contributed by atoms with Crippen molar-refractivity contribution in [3.05, 3.63) is 38.9 Å². The molecule has 35 heavy (non-hydrogen) atoms. The van der Waals surface area contributed by atoms with Gasteiger partial charge in [-0.25, -0.2) is 14.2 Å². The van der Waals surface area contributed by atoms with E-state index in [1.54, 1.807) is 4.57 Å². The van der Waals surface area contributed by atoms with Crippen LogP contribution in [0.3, 0.4) is 0 Å². The Kier molecular flexibility index (Phi) is 8.25. The van der Waals surface area contributed by atoms with Crippen molar-refractivity contribution in [3.8, 4) is 0 Å². The molecule has 1 saturated carbocycles. The molecule has 9 nitrogen and oxygen atoms in total. The summed E-state index contributed by atoms with van der Waals surface area (Å²) in [6.07, 6.45) is 5.86. The Morgan fingerprint density at radius 3 is 2.46 bits per heavy atom. The van der Waals surface area contributed by atoms with Crippen LogP contribution < -0.4 is 16.6 Å². The Bertz CT molecular complexity index is 1200. The monoisotopic (exact) mass is 506 g/mol. The van der Waals surface area contributed by atoms with Gasteiger partial charge >= 0.3 is 11.7 Å². The molecular formula is C24H31FN4O5S. The second kappa shape index (κ2) is 11.4. The summed E-state index contributed by atoms with van der Waals surface area (Å²) >= 11 is 1.83. The summed E-state index contributed by atoms with van der Waals surface area (Å²) in [7, 11) is 1.32. The number of nitrogens with zero attached hydrogens (tertiary/aromatic N) is 3. The van der Waals surface area contributed by atoms with Crippen LogP contribution in [0.5, 0.6) is 0 Å². The molecule has 0 radical (unpaired) electrons. The first-order valence-electron chi connectivity index (χ1n) is 12.1. The smallest absolute Gasteiger partial charge is 0.333 e. The number of halogens is 1. The average Bonchev–Trinajstić information content (AvgIpc) is 2.86. The number of ether oxygens (including phenoxy) is 1. The van der Waals surface area contributed by atoms with Crippen LogP contribution in [0.25, 0.3) is 11.0 Å². The summed E-state index contributed by atoms with van der Waals surface area (Å²) in [5, 5.41) is 3.12. The summed E-state index contributed by atoms with van der Waals surface area (Å²) in [5.74, 6) is 0.766. The highest BCUT2D eigenvalue weighted by Crippen LogP contribution is 2.30. The molecule has 0 bridgehead atoms. The van der Waals surface area contributed by atoms with Gasteiger partial charge in [-0.05, 0) is 62.5 Å². The van der Waals surface area contributed by atoms with Crippen molar-refractivity contribution in [2.24, 2.45) is 0 Å². The summed E-state index contributed by atoms with van der Waals surface area (Å²) in [4.78, 5) is 54.5. The number of aromatic nitrogens is 3. The highest BCUT2D eigenvalue weighted by atomic mass is 32.2. The maximum absolute atomic E-state index is 14.0. The lowest BCUT2D eigenvalue weighted by atomic mass is 9.90. The van der Waals surface area contributed by atoms with Crippen LogP contribution in [-0.4, -0.2) is 50.7 Å². The number of methoxy groups -OCH3 is 1. The number of esters is 1. The van der Waals surface area contributed by atoms with Gasteiger partial charge in [0.15, 0.2) is 0 Å². The maximum Gasteiger partial charge on any atom is 0.333 e. The minimum absolute atomic E-state index is 0.0512. The summed E-state index contributed by atoms with van der Waals surface area (Å²) in [6, 6.07) is 0.732. The third-order valence-corrected chi connectivity index (χ3v) is 7.97. The van der Waals surface area contributed by atoms with Crippen molar-refractivity contribution >= 4 is 34.7 Å². The number of pyridine rings is 1. The number of fused-ring (bicyclic) bond motifs is 1. The van der Waals surface area contributed by atoms with Gasteiger partial charge in [0.1, 0.15) is 11.5 Å². The number of rotatable bonds is 7. The summed E-state index contributed by atoms with van der Waals surface area (Å²) < 4.78 is 21.5. The van der Waals surface area contributed by atoms with Gasteiger partial charge in [-0.1, -0.05) is 0 Å². The highest BCUT2D eigenvalue weighted by molar-refractivity contribution is 7.99. The summed E-state index contributed by atoms with van der Waals surface area (Å²) in [6.45, 7) is 0. The Morgan fingerprint density at radius 1 is 1.09 bits per heavy atom. The van der Waals surface area contributed by atoms with E-state index in [1.807, 2.05) is 11.8 Å². The molecule has 1 aliphatic heterocycles. The zero-order chi connectivity index (χ0) is 24.9. The van der Waals surface area contributed by atoms with Crippen molar-refractivity contribution in [3.63, 3.8) is 0 Å². The lowest BCUT2D eigenvalue weighted by molar-refractivity contribution is -0.140. The Morgan fingerprint density at radius 2 is 1.77 bits per heavy atom. The van der Waals surface area contributed by atoms with Crippen molar-refractivity contribution in [1.29, 1.82) is 0 Å². The molecule has 2 aromatic heterocycles. The van der Waals surface area contributed by atoms with Crippen molar-refractivity contribution < 1.29 is 18.7 Å². The normalized spacial score (nSPS) is 21.1. The van der Waals surface area contributed by atoms with Gasteiger partial charge in [-0.3, -0.25) is 23.5 Å². The molecule has 1 N–H and O–H groups in total. The fourth-order valence-electron chi connectivity index (χ4n) is 5.07. The quantitative estimate of drug-likeness (QED) is 0.575. The second-order valence-corrected chi connectivity index (χ2v) is 10.4. The lowest BCUT2D eigenvalue weighted by Crippen LogP contribution is -2.46. The van der Waals surface area contributed by atoms with E-state index in [-0.39, 0.29) is 59.6 Å². The Hall–Kier alpha value is -2.69. The molecule has 1 aliphatic carbocycles. The average molecular weight is 507 g/mol. The molecule has 11 heteroatoms. The zero-order valence-corrected chi connectivity index (χ0v) is 20.7. The lowest BCUT2D eigenvalue weighted by Gasteiger charge is -2.31. The van der Waals surface area contributed by atoms with E-state index in [4.69, 9.17) is 0 Å². The van der Waals surface area contributed by atoms with Gasteiger partial charge in [0.05, 0.1) is 18.7 Å². The fourth-order valence-corrected chi connectivity index (χ4v) is 6.15. The third kappa shape index (κ3) is 5.76. The molecule has 0 spiro atoms. The second-order valence-electron chi connectivity index (χ2n) is 9.20. The van der Waals surface area contributed by atoms with Crippen LogP contribution in [-0.2, 0) is 14.3 Å². The number of hydrogen-bond acceptors (Lipinski definition) is 7. The van der Waals surface area contributed by atoms with E-state index < -0.39 is 11.4 Å². The van der Waals surface area contributed by atoms with E-state index >= 15 is 0 Å². The topological polar surface area (TPSA) is 112 Å². The van der Waals surface area contributed by atoms with Crippen molar-refractivity contribution in [1.82, 2.24) is 19.4 Å². The number of thioether (sulfide) groups is 1. The Balaban J connectivity index is 1.51. The van der Waals surface area contributed by atoms with Crippen LogP contribution in [0.2, 0.25) is 0 Å². The van der Waals surface area contributed by atoms with E-state index in [2.05, 4.69) is 15.0 Å². The molecule has 1 amide bonds. The minimum Gasteiger partial charge on any atom is -0.469 e. The molecule has 2 aliphatic rings. The van der Waals surface area contributed by atoms with Crippen LogP contribution in [0.4, 0.5) is 4.39 Å². The largest absolute Gasteiger partial charge is 0.469 e. The first-order valence-corrected chi connectivity index (χ1v) is 13.3. The number of hydrogen-bond donors (Lipinski definition) is 1. The number of carbonyl (C=O) groups is 2. The molecule has 1 saturated heterocycles. The third-order valence-electron chi connectivity index (χ3n) is 6.92. The maximum atomic E-state index is 14.0. The van der Waals surface area contributed by atoms with E-state index in [0.717, 1.165) is 30.5 Å². The van der Waals surface area contributed by atoms with Gasteiger partial charge in [-0.15, -0.1) is 0 Å². The molecule has 0 atom stereocenters. The molecule has 190 valence electrons. The van der Waals surface area contributed by atoms with Crippen LogP contribution in [0.15, 0.2) is 21.9 Å². The number of carbonyl (C=O) groups excluding carboxylic acids is 2. The molecular weight excluding hydrogens is 475 g/mol. The van der Waals surface area contributed by atoms with Crippen LogP contribution >= 0.6 is 11.8 Å². The predicted octanol–water partition coefficient (Wildman–Crippen LogP) is 2.71. The van der Waals surface area contributed by atoms with E-state index in [0.29, 0.717) is 32.1 Å². The van der Waals surface area contributed by atoms with E-state index in [1.165, 1.54) is 17.7 Å². The van der Waals surface area contributed by atoms with Crippen molar-refractivity contribution in [2.45, 2.75) is 75.9 Å². The number of nitrogens with one attached hydrogen (secondary N) is 1. The van der Waals surface area contributed by atoms with Gasteiger partial charge in [0, 0.05) is 31.0 Å². The molecule has 2 fully saturated rings. The minimum atomic E-state index is -0.607. The molecule has 0 aromatic carbocycles.